The number of hydrogen-bond donors (Lipinski definition) is 1. The van der Waals surface area contributed by atoms with E-state index in [-0.39, 0.29) is 5.69 Å². The molecule has 1 aromatic rings. The number of carboxylic acid groups (broad SMARTS) is 1. The molecular weight excluding hydrogens is 240 g/mol. The zero-order chi connectivity index (χ0) is 14.3. The molecule has 0 aliphatic heterocycles. The normalized spacial score (nSPS) is 11.2. The Morgan fingerprint density at radius 2 is 2.16 bits per heavy atom. The lowest BCUT2D eigenvalue weighted by atomic mass is 10.1. The van der Waals surface area contributed by atoms with E-state index in [1.165, 1.54) is 19.0 Å². The average Bonchev–Trinajstić information content (AvgIpc) is 2.38. The van der Waals surface area contributed by atoms with E-state index < -0.39 is 5.97 Å². The summed E-state index contributed by atoms with van der Waals surface area (Å²) in [6, 6.07) is 4.05. The highest BCUT2D eigenvalue weighted by molar-refractivity contribution is 5.86. The van der Waals surface area contributed by atoms with Gasteiger partial charge in [0.1, 0.15) is 0 Å². The summed E-state index contributed by atoms with van der Waals surface area (Å²) >= 11 is 0. The summed E-state index contributed by atoms with van der Waals surface area (Å²) < 4.78 is 0. The van der Waals surface area contributed by atoms with Crippen LogP contribution in [0.5, 0.6) is 0 Å². The maximum Gasteiger partial charge on any atom is 0.354 e. The molecule has 0 bridgehead atoms. The van der Waals surface area contributed by atoms with Crippen molar-refractivity contribution in [1.82, 2.24) is 9.88 Å². The zero-order valence-corrected chi connectivity index (χ0v) is 12.1. The fraction of sp³-hybridized carbons (Fsp3) is 0.600. The number of unbranched alkanes of at least 4 members (excludes halogenated alkanes) is 2. The van der Waals surface area contributed by atoms with Crippen molar-refractivity contribution in [1.29, 1.82) is 0 Å². The fourth-order valence-corrected chi connectivity index (χ4v) is 2.06. The summed E-state index contributed by atoms with van der Waals surface area (Å²) in [6.07, 6.45) is 5.09. The van der Waals surface area contributed by atoms with Gasteiger partial charge in [-0.15, -0.1) is 0 Å². The smallest absolute Gasteiger partial charge is 0.354 e. The van der Waals surface area contributed by atoms with E-state index in [2.05, 4.69) is 30.7 Å². The fourth-order valence-electron chi connectivity index (χ4n) is 2.06. The Bertz CT molecular complexity index is 405. The molecule has 0 fully saturated rings. The standard InChI is InChI=1S/C15H24N2O2/c1-4-5-6-10-17(12(2)3)11-13-8-7-9-16-14(13)15(18)19/h7-9,12H,4-6,10-11H2,1-3H3,(H,18,19). The van der Waals surface area contributed by atoms with Gasteiger partial charge in [0, 0.05) is 18.8 Å². The molecule has 0 aliphatic carbocycles. The lowest BCUT2D eigenvalue weighted by molar-refractivity contribution is 0.0687. The summed E-state index contributed by atoms with van der Waals surface area (Å²) in [6.45, 7) is 8.12. The van der Waals surface area contributed by atoms with Gasteiger partial charge in [0.2, 0.25) is 0 Å². The van der Waals surface area contributed by atoms with E-state index >= 15 is 0 Å². The van der Waals surface area contributed by atoms with Gasteiger partial charge in [-0.05, 0) is 38.4 Å². The predicted octanol–water partition coefficient (Wildman–Crippen LogP) is 3.18. The Morgan fingerprint density at radius 1 is 1.42 bits per heavy atom. The number of aromatic carboxylic acids is 1. The second-order valence-corrected chi connectivity index (χ2v) is 5.09. The lowest BCUT2D eigenvalue weighted by Gasteiger charge is -2.26. The van der Waals surface area contributed by atoms with Crippen LogP contribution in [-0.4, -0.2) is 33.5 Å². The molecule has 0 saturated carbocycles. The molecular formula is C15H24N2O2. The minimum absolute atomic E-state index is 0.170. The molecule has 0 radical (unpaired) electrons. The van der Waals surface area contributed by atoms with Crippen LogP contribution in [0.25, 0.3) is 0 Å². The van der Waals surface area contributed by atoms with E-state index in [0.29, 0.717) is 12.6 Å². The van der Waals surface area contributed by atoms with Gasteiger partial charge in [-0.25, -0.2) is 9.78 Å². The number of carbonyl (C=O) groups is 1. The Labute approximate surface area is 115 Å². The molecule has 4 heteroatoms. The second-order valence-electron chi connectivity index (χ2n) is 5.09. The monoisotopic (exact) mass is 264 g/mol. The highest BCUT2D eigenvalue weighted by Gasteiger charge is 2.16. The second kappa shape index (κ2) is 7.89. The maximum absolute atomic E-state index is 11.2. The van der Waals surface area contributed by atoms with Gasteiger partial charge in [-0.1, -0.05) is 25.8 Å². The van der Waals surface area contributed by atoms with Crippen molar-refractivity contribution >= 4 is 5.97 Å². The van der Waals surface area contributed by atoms with Crippen molar-refractivity contribution in [2.45, 2.75) is 52.6 Å². The van der Waals surface area contributed by atoms with Crippen LogP contribution < -0.4 is 0 Å². The highest BCUT2D eigenvalue weighted by Crippen LogP contribution is 2.13. The number of pyridine rings is 1. The van der Waals surface area contributed by atoms with Crippen LogP contribution in [0.1, 0.15) is 56.1 Å². The van der Waals surface area contributed by atoms with Crippen molar-refractivity contribution in [3.63, 3.8) is 0 Å². The molecule has 0 spiro atoms. The first-order valence-electron chi connectivity index (χ1n) is 6.97. The average molecular weight is 264 g/mol. The molecule has 0 unspecified atom stereocenters. The van der Waals surface area contributed by atoms with Gasteiger partial charge >= 0.3 is 5.97 Å². The summed E-state index contributed by atoms with van der Waals surface area (Å²) in [7, 11) is 0. The Hall–Kier alpha value is -1.42. The number of rotatable bonds is 8. The number of nitrogens with zero attached hydrogens (tertiary/aromatic N) is 2. The molecule has 1 N–H and O–H groups in total. The zero-order valence-electron chi connectivity index (χ0n) is 12.1. The van der Waals surface area contributed by atoms with Gasteiger partial charge in [0.05, 0.1) is 0 Å². The van der Waals surface area contributed by atoms with Crippen LogP contribution in [0.3, 0.4) is 0 Å². The van der Waals surface area contributed by atoms with Crippen LogP contribution in [0.2, 0.25) is 0 Å². The Balaban J connectivity index is 2.76. The topological polar surface area (TPSA) is 53.4 Å². The molecule has 0 saturated heterocycles. The van der Waals surface area contributed by atoms with E-state index in [1.54, 1.807) is 6.07 Å². The minimum Gasteiger partial charge on any atom is -0.477 e. The molecule has 0 amide bonds. The van der Waals surface area contributed by atoms with Crippen LogP contribution in [0, 0.1) is 0 Å². The molecule has 1 rings (SSSR count). The first kappa shape index (κ1) is 15.6. The van der Waals surface area contributed by atoms with Crippen molar-refractivity contribution in [2.24, 2.45) is 0 Å². The molecule has 19 heavy (non-hydrogen) atoms. The van der Waals surface area contributed by atoms with Crippen molar-refractivity contribution in [3.8, 4) is 0 Å². The Kier molecular flexibility index (Phi) is 6.50. The lowest BCUT2D eigenvalue weighted by Crippen LogP contribution is -2.32. The van der Waals surface area contributed by atoms with Crippen LogP contribution in [-0.2, 0) is 6.54 Å². The quantitative estimate of drug-likeness (QED) is 0.733. The van der Waals surface area contributed by atoms with Gasteiger partial charge in [0.25, 0.3) is 0 Å². The van der Waals surface area contributed by atoms with E-state index in [9.17, 15) is 4.79 Å². The van der Waals surface area contributed by atoms with Crippen molar-refractivity contribution < 1.29 is 9.90 Å². The molecule has 0 atom stereocenters. The van der Waals surface area contributed by atoms with Gasteiger partial charge in [-0.2, -0.15) is 0 Å². The van der Waals surface area contributed by atoms with Crippen molar-refractivity contribution in [3.05, 3.63) is 29.6 Å². The van der Waals surface area contributed by atoms with E-state index in [1.807, 2.05) is 6.07 Å². The molecule has 1 heterocycles. The first-order valence-corrected chi connectivity index (χ1v) is 6.97. The van der Waals surface area contributed by atoms with Gasteiger partial charge in [0.15, 0.2) is 5.69 Å². The third-order valence-electron chi connectivity index (χ3n) is 3.25. The highest BCUT2D eigenvalue weighted by atomic mass is 16.4. The summed E-state index contributed by atoms with van der Waals surface area (Å²) in [4.78, 5) is 17.4. The molecule has 106 valence electrons. The number of carboxylic acids is 1. The van der Waals surface area contributed by atoms with Gasteiger partial charge in [-0.3, -0.25) is 4.90 Å². The van der Waals surface area contributed by atoms with Crippen LogP contribution in [0.4, 0.5) is 0 Å². The van der Waals surface area contributed by atoms with Crippen LogP contribution in [0.15, 0.2) is 18.3 Å². The summed E-state index contributed by atoms with van der Waals surface area (Å²) in [5.41, 5.74) is 0.962. The Morgan fingerprint density at radius 3 is 2.74 bits per heavy atom. The molecule has 4 nitrogen and oxygen atoms in total. The molecule has 0 aromatic carbocycles. The van der Waals surface area contributed by atoms with E-state index in [0.717, 1.165) is 18.5 Å². The van der Waals surface area contributed by atoms with Crippen LogP contribution >= 0.6 is 0 Å². The minimum atomic E-state index is -0.951. The number of hydrogen-bond acceptors (Lipinski definition) is 3. The predicted molar refractivity (Wildman–Crippen MR) is 76.3 cm³/mol. The first-order chi connectivity index (χ1) is 9.06. The third-order valence-corrected chi connectivity index (χ3v) is 3.25. The van der Waals surface area contributed by atoms with E-state index in [4.69, 9.17) is 5.11 Å². The largest absolute Gasteiger partial charge is 0.477 e. The molecule has 1 aromatic heterocycles. The summed E-state index contributed by atoms with van der Waals surface area (Å²) in [5, 5.41) is 9.15. The summed E-state index contributed by atoms with van der Waals surface area (Å²) in [5.74, 6) is -0.951. The maximum atomic E-state index is 11.2. The van der Waals surface area contributed by atoms with Crippen molar-refractivity contribution in [2.75, 3.05) is 6.54 Å². The van der Waals surface area contributed by atoms with Gasteiger partial charge < -0.3 is 5.11 Å². The SMILES string of the molecule is CCCCCN(Cc1cccnc1C(=O)O)C(C)C. The number of aromatic nitrogens is 1. The third kappa shape index (κ3) is 4.99. The molecule has 0 aliphatic rings.